The summed E-state index contributed by atoms with van der Waals surface area (Å²) in [5.74, 6) is 0.115. The molecule has 2 rings (SSSR count). The fourth-order valence-electron chi connectivity index (χ4n) is 2.40. The number of unbranched alkanes of at least 4 members (excludes halogenated alkanes) is 2. The molecule has 0 spiro atoms. The second-order valence-electron chi connectivity index (χ2n) is 5.27. The van der Waals surface area contributed by atoms with Crippen LogP contribution in [0, 0.1) is 0 Å². The summed E-state index contributed by atoms with van der Waals surface area (Å²) in [6.45, 7) is 2.21. The summed E-state index contributed by atoms with van der Waals surface area (Å²) in [6, 6.07) is 16.0. The van der Waals surface area contributed by atoms with Crippen LogP contribution in [-0.2, 0) is 0 Å². The van der Waals surface area contributed by atoms with E-state index in [2.05, 4.69) is 36.5 Å². The summed E-state index contributed by atoms with van der Waals surface area (Å²) < 4.78 is 0. The highest BCUT2D eigenvalue weighted by Gasteiger charge is 2.11. The number of benzene rings is 2. The van der Waals surface area contributed by atoms with Crippen molar-refractivity contribution < 1.29 is 5.11 Å². The number of halogens is 1. The van der Waals surface area contributed by atoms with Gasteiger partial charge >= 0.3 is 0 Å². The normalized spacial score (nSPS) is 12.1. The summed E-state index contributed by atoms with van der Waals surface area (Å²) in [5, 5.41) is 13.4. The number of aromatic hydroxyl groups is 1. The monoisotopic (exact) mass is 303 g/mol. The van der Waals surface area contributed by atoms with Crippen molar-refractivity contribution in [3.63, 3.8) is 0 Å². The third-order valence-electron chi connectivity index (χ3n) is 3.59. The van der Waals surface area contributed by atoms with Crippen LogP contribution in [0.15, 0.2) is 48.5 Å². The summed E-state index contributed by atoms with van der Waals surface area (Å²) >= 11 is 5.98. The van der Waals surface area contributed by atoms with Crippen molar-refractivity contribution >= 4 is 17.3 Å². The van der Waals surface area contributed by atoms with Gasteiger partial charge in [-0.05, 0) is 30.2 Å². The molecule has 0 radical (unpaired) electrons. The van der Waals surface area contributed by atoms with Gasteiger partial charge in [0.1, 0.15) is 5.75 Å². The van der Waals surface area contributed by atoms with Gasteiger partial charge < -0.3 is 10.4 Å². The van der Waals surface area contributed by atoms with E-state index >= 15 is 0 Å². The maximum Gasteiger partial charge on any atom is 0.134 e. The van der Waals surface area contributed by atoms with E-state index in [1.807, 2.05) is 12.1 Å². The minimum absolute atomic E-state index is 0.115. The lowest BCUT2D eigenvalue weighted by Crippen LogP contribution is -2.10. The number of phenols is 1. The second kappa shape index (κ2) is 7.94. The fourth-order valence-corrected chi connectivity index (χ4v) is 2.58. The molecule has 0 aromatic heterocycles. The van der Waals surface area contributed by atoms with Crippen molar-refractivity contribution in [2.24, 2.45) is 0 Å². The van der Waals surface area contributed by atoms with Crippen LogP contribution in [0.5, 0.6) is 5.75 Å². The molecule has 2 aromatic rings. The summed E-state index contributed by atoms with van der Waals surface area (Å²) in [4.78, 5) is 0. The Bertz CT molecular complexity index is 556. The van der Waals surface area contributed by atoms with Gasteiger partial charge in [-0.2, -0.15) is 0 Å². The molecule has 2 nitrogen and oxygen atoms in total. The van der Waals surface area contributed by atoms with Gasteiger partial charge in [-0.3, -0.25) is 0 Å². The van der Waals surface area contributed by atoms with Crippen molar-refractivity contribution in [1.82, 2.24) is 0 Å². The first-order chi connectivity index (χ1) is 10.2. The lowest BCUT2D eigenvalue weighted by Gasteiger charge is -2.21. The topological polar surface area (TPSA) is 32.3 Å². The van der Waals surface area contributed by atoms with Crippen molar-refractivity contribution in [3.8, 4) is 5.75 Å². The zero-order chi connectivity index (χ0) is 15.1. The molecule has 1 unspecified atom stereocenters. The molecular formula is C18H22ClNO. The van der Waals surface area contributed by atoms with E-state index in [1.165, 1.54) is 24.8 Å². The van der Waals surface area contributed by atoms with E-state index in [9.17, 15) is 5.11 Å². The standard InChI is InChI=1S/C18H22ClNO/c1-2-3-5-10-17(14-8-6-4-7-9-14)20-15-11-12-18(21)16(19)13-15/h4,6-9,11-13,17,20-21H,2-3,5,10H2,1H3. The lowest BCUT2D eigenvalue weighted by atomic mass is 10.00. The van der Waals surface area contributed by atoms with Gasteiger partial charge in [-0.1, -0.05) is 68.1 Å². The van der Waals surface area contributed by atoms with E-state index in [0.29, 0.717) is 5.02 Å². The van der Waals surface area contributed by atoms with Gasteiger partial charge in [-0.15, -0.1) is 0 Å². The summed E-state index contributed by atoms with van der Waals surface area (Å²) in [6.07, 6.45) is 4.72. The predicted octanol–water partition coefficient (Wildman–Crippen LogP) is 5.78. The molecule has 112 valence electrons. The molecule has 0 aliphatic rings. The minimum Gasteiger partial charge on any atom is -0.506 e. The Kier molecular flexibility index (Phi) is 5.94. The Morgan fingerprint density at radius 3 is 2.52 bits per heavy atom. The molecule has 0 saturated carbocycles. The molecule has 0 amide bonds. The Balaban J connectivity index is 2.13. The van der Waals surface area contributed by atoms with E-state index in [0.717, 1.165) is 12.1 Å². The van der Waals surface area contributed by atoms with E-state index < -0.39 is 0 Å². The average molecular weight is 304 g/mol. The SMILES string of the molecule is CCCCCC(Nc1ccc(O)c(Cl)c1)c1ccccc1. The third kappa shape index (κ3) is 4.68. The number of rotatable bonds is 7. The maximum atomic E-state index is 9.51. The molecule has 0 bridgehead atoms. The number of phenolic OH excluding ortho intramolecular Hbond substituents is 1. The number of nitrogens with one attached hydrogen (secondary N) is 1. The summed E-state index contributed by atoms with van der Waals surface area (Å²) in [7, 11) is 0. The first-order valence-electron chi connectivity index (χ1n) is 7.50. The number of anilines is 1. The Labute approximate surface area is 131 Å². The van der Waals surface area contributed by atoms with Crippen molar-refractivity contribution in [3.05, 3.63) is 59.1 Å². The van der Waals surface area contributed by atoms with Gasteiger partial charge in [0.2, 0.25) is 0 Å². The predicted molar refractivity (Wildman–Crippen MR) is 90.1 cm³/mol. The van der Waals surface area contributed by atoms with Crippen LogP contribution in [0.2, 0.25) is 5.02 Å². The minimum atomic E-state index is 0.115. The summed E-state index contributed by atoms with van der Waals surface area (Å²) in [5.41, 5.74) is 2.21. The van der Waals surface area contributed by atoms with Gasteiger partial charge in [0.05, 0.1) is 11.1 Å². The van der Waals surface area contributed by atoms with Crippen LogP contribution < -0.4 is 5.32 Å². The quantitative estimate of drug-likeness (QED) is 0.502. The van der Waals surface area contributed by atoms with Crippen molar-refractivity contribution in [2.45, 2.75) is 38.6 Å². The molecule has 0 saturated heterocycles. The highest BCUT2D eigenvalue weighted by Crippen LogP contribution is 2.30. The fraction of sp³-hybridized carbons (Fsp3) is 0.333. The Hall–Kier alpha value is -1.67. The Morgan fingerprint density at radius 1 is 1.10 bits per heavy atom. The highest BCUT2D eigenvalue weighted by molar-refractivity contribution is 6.32. The molecule has 0 fully saturated rings. The van der Waals surface area contributed by atoms with E-state index in [-0.39, 0.29) is 11.8 Å². The van der Waals surface area contributed by atoms with Gasteiger partial charge in [0.25, 0.3) is 0 Å². The van der Waals surface area contributed by atoms with Crippen LogP contribution in [0.3, 0.4) is 0 Å². The highest BCUT2D eigenvalue weighted by atomic mass is 35.5. The Morgan fingerprint density at radius 2 is 1.86 bits per heavy atom. The largest absolute Gasteiger partial charge is 0.506 e. The molecule has 0 aliphatic heterocycles. The third-order valence-corrected chi connectivity index (χ3v) is 3.89. The van der Waals surface area contributed by atoms with Gasteiger partial charge in [0, 0.05) is 5.69 Å². The van der Waals surface area contributed by atoms with Crippen LogP contribution >= 0.6 is 11.6 Å². The molecule has 21 heavy (non-hydrogen) atoms. The van der Waals surface area contributed by atoms with Crippen molar-refractivity contribution in [2.75, 3.05) is 5.32 Å². The van der Waals surface area contributed by atoms with Crippen molar-refractivity contribution in [1.29, 1.82) is 0 Å². The van der Waals surface area contributed by atoms with Gasteiger partial charge in [0.15, 0.2) is 0 Å². The molecule has 2 N–H and O–H groups in total. The zero-order valence-electron chi connectivity index (χ0n) is 12.3. The molecule has 3 heteroatoms. The number of hydrogen-bond donors (Lipinski definition) is 2. The van der Waals surface area contributed by atoms with Crippen LogP contribution in [0.4, 0.5) is 5.69 Å². The molecular weight excluding hydrogens is 282 g/mol. The van der Waals surface area contributed by atoms with Crippen LogP contribution in [-0.4, -0.2) is 5.11 Å². The molecule has 0 aliphatic carbocycles. The van der Waals surface area contributed by atoms with E-state index in [4.69, 9.17) is 11.6 Å². The van der Waals surface area contributed by atoms with E-state index in [1.54, 1.807) is 12.1 Å². The maximum absolute atomic E-state index is 9.51. The van der Waals surface area contributed by atoms with Gasteiger partial charge in [-0.25, -0.2) is 0 Å². The van der Waals surface area contributed by atoms with Crippen LogP contribution in [0.25, 0.3) is 0 Å². The zero-order valence-corrected chi connectivity index (χ0v) is 13.1. The number of hydrogen-bond acceptors (Lipinski definition) is 2. The lowest BCUT2D eigenvalue weighted by molar-refractivity contribution is 0.475. The molecule has 2 aromatic carbocycles. The smallest absolute Gasteiger partial charge is 0.134 e. The average Bonchev–Trinajstić information content (AvgIpc) is 2.51. The van der Waals surface area contributed by atoms with Crippen LogP contribution in [0.1, 0.15) is 44.2 Å². The molecule has 0 heterocycles. The second-order valence-corrected chi connectivity index (χ2v) is 5.68. The first-order valence-corrected chi connectivity index (χ1v) is 7.88. The molecule has 1 atom stereocenters. The first kappa shape index (κ1) is 15.7.